The van der Waals surface area contributed by atoms with Crippen molar-refractivity contribution in [1.29, 1.82) is 0 Å². The monoisotopic (exact) mass is 319 g/mol. The summed E-state index contributed by atoms with van der Waals surface area (Å²) in [7, 11) is -0.315. The summed E-state index contributed by atoms with van der Waals surface area (Å²) in [5.74, 6) is 0.887. The normalized spacial score (nSPS) is 19.3. The minimum atomic E-state index is -0.315. The van der Waals surface area contributed by atoms with E-state index in [1.807, 2.05) is 24.3 Å². The first kappa shape index (κ1) is 18.3. The first-order valence-corrected chi connectivity index (χ1v) is 8.60. The third kappa shape index (κ3) is 4.28. The van der Waals surface area contributed by atoms with Crippen molar-refractivity contribution in [1.82, 2.24) is 4.90 Å². The number of benzene rings is 1. The molecule has 4 nitrogen and oxygen atoms in total. The van der Waals surface area contributed by atoms with Gasteiger partial charge in [0, 0.05) is 6.54 Å². The number of likely N-dealkylation sites (N-methyl/N-ethyl adjacent to an activating group) is 1. The quantitative estimate of drug-likeness (QED) is 0.723. The molecule has 0 amide bonds. The van der Waals surface area contributed by atoms with Gasteiger partial charge in [0.15, 0.2) is 0 Å². The van der Waals surface area contributed by atoms with E-state index in [-0.39, 0.29) is 18.3 Å². The van der Waals surface area contributed by atoms with Gasteiger partial charge in [-0.3, -0.25) is 0 Å². The van der Waals surface area contributed by atoms with Crippen molar-refractivity contribution in [3.8, 4) is 5.75 Å². The minimum Gasteiger partial charge on any atom is -0.492 e. The Labute approximate surface area is 141 Å². The van der Waals surface area contributed by atoms with Crippen molar-refractivity contribution in [3.05, 3.63) is 24.3 Å². The van der Waals surface area contributed by atoms with E-state index in [2.05, 4.69) is 46.4 Å². The van der Waals surface area contributed by atoms with Crippen LogP contribution in [0.3, 0.4) is 0 Å². The Bertz CT molecular complexity index is 481. The number of hydrogen-bond donors (Lipinski definition) is 0. The average Bonchev–Trinajstić information content (AvgIpc) is 2.73. The topological polar surface area (TPSA) is 30.9 Å². The Morgan fingerprint density at radius 3 is 1.96 bits per heavy atom. The summed E-state index contributed by atoms with van der Waals surface area (Å²) in [5.41, 5.74) is 0.410. The van der Waals surface area contributed by atoms with Gasteiger partial charge in [0.1, 0.15) is 12.4 Å². The molecule has 5 heteroatoms. The zero-order valence-corrected chi connectivity index (χ0v) is 15.4. The number of nitrogens with zero attached hydrogens (tertiary/aromatic N) is 1. The molecule has 0 saturated carbocycles. The molecule has 1 fully saturated rings. The molecule has 1 saturated heterocycles. The van der Waals surface area contributed by atoms with Crippen LogP contribution >= 0.6 is 0 Å². The highest BCUT2D eigenvalue weighted by molar-refractivity contribution is 6.62. The third-order valence-corrected chi connectivity index (χ3v) is 4.98. The van der Waals surface area contributed by atoms with E-state index < -0.39 is 0 Å². The van der Waals surface area contributed by atoms with Gasteiger partial charge >= 0.3 is 7.12 Å². The van der Waals surface area contributed by atoms with Gasteiger partial charge in [-0.15, -0.1) is 0 Å². The zero-order valence-electron chi connectivity index (χ0n) is 15.4. The van der Waals surface area contributed by atoms with Gasteiger partial charge in [-0.1, -0.05) is 26.0 Å². The van der Waals surface area contributed by atoms with Gasteiger partial charge in [-0.2, -0.15) is 0 Å². The second-order valence-corrected chi connectivity index (χ2v) is 7.03. The van der Waals surface area contributed by atoms with E-state index >= 15 is 0 Å². The standard InChI is InChI=1S/C18H30BNO3/c1-7-20(8-2)13-14-21-16-11-9-15(10-12-16)19-22-17(3,4)18(5,6)23-19/h9-12H,7-8,13-14H2,1-6H3. The lowest BCUT2D eigenvalue weighted by molar-refractivity contribution is 0.00578. The van der Waals surface area contributed by atoms with Crippen LogP contribution in [0.2, 0.25) is 0 Å². The smallest absolute Gasteiger partial charge is 0.492 e. The Kier molecular flexibility index (Phi) is 5.77. The van der Waals surface area contributed by atoms with Gasteiger partial charge in [-0.25, -0.2) is 0 Å². The van der Waals surface area contributed by atoms with E-state index in [4.69, 9.17) is 14.0 Å². The molecule has 0 spiro atoms. The van der Waals surface area contributed by atoms with Crippen LogP contribution in [-0.4, -0.2) is 49.5 Å². The maximum absolute atomic E-state index is 6.06. The molecule has 0 bridgehead atoms. The molecule has 23 heavy (non-hydrogen) atoms. The van der Waals surface area contributed by atoms with E-state index in [1.165, 1.54) is 0 Å². The molecule has 0 aromatic heterocycles. The molecule has 0 radical (unpaired) electrons. The van der Waals surface area contributed by atoms with Crippen LogP contribution in [0.25, 0.3) is 0 Å². The molecule has 1 aromatic rings. The van der Waals surface area contributed by atoms with Gasteiger partial charge in [0.25, 0.3) is 0 Å². The number of rotatable bonds is 7. The molecule has 1 aliphatic rings. The van der Waals surface area contributed by atoms with Crippen molar-refractivity contribution in [2.24, 2.45) is 0 Å². The van der Waals surface area contributed by atoms with Crippen molar-refractivity contribution in [2.45, 2.75) is 52.7 Å². The average molecular weight is 319 g/mol. The molecule has 0 atom stereocenters. The number of hydrogen-bond acceptors (Lipinski definition) is 4. The van der Waals surface area contributed by atoms with Crippen molar-refractivity contribution < 1.29 is 14.0 Å². The van der Waals surface area contributed by atoms with Gasteiger partial charge < -0.3 is 18.9 Å². The fraction of sp³-hybridized carbons (Fsp3) is 0.667. The van der Waals surface area contributed by atoms with Crippen LogP contribution in [0.1, 0.15) is 41.5 Å². The van der Waals surface area contributed by atoms with E-state index in [9.17, 15) is 0 Å². The molecule has 0 aliphatic carbocycles. The van der Waals surface area contributed by atoms with Gasteiger partial charge in [-0.05, 0) is 58.4 Å². The third-order valence-electron chi connectivity index (χ3n) is 4.98. The molecular weight excluding hydrogens is 289 g/mol. The van der Waals surface area contributed by atoms with Crippen LogP contribution in [0.4, 0.5) is 0 Å². The second-order valence-electron chi connectivity index (χ2n) is 7.03. The summed E-state index contributed by atoms with van der Waals surface area (Å²) in [4.78, 5) is 2.35. The SMILES string of the molecule is CCN(CC)CCOc1ccc(B2OC(C)(C)C(C)(C)O2)cc1. The van der Waals surface area contributed by atoms with Gasteiger partial charge in [0.2, 0.25) is 0 Å². The molecule has 1 aliphatic heterocycles. The van der Waals surface area contributed by atoms with Crippen LogP contribution in [0.5, 0.6) is 5.75 Å². The van der Waals surface area contributed by atoms with Crippen LogP contribution in [0.15, 0.2) is 24.3 Å². The molecule has 2 rings (SSSR count). The molecule has 1 heterocycles. The van der Waals surface area contributed by atoms with Crippen molar-refractivity contribution >= 4 is 12.6 Å². The molecule has 1 aromatic carbocycles. The lowest BCUT2D eigenvalue weighted by Crippen LogP contribution is -2.41. The summed E-state index contributed by atoms with van der Waals surface area (Å²) >= 11 is 0. The highest BCUT2D eigenvalue weighted by Gasteiger charge is 2.51. The summed E-state index contributed by atoms with van der Waals surface area (Å²) in [5, 5.41) is 0. The maximum atomic E-state index is 6.06. The Morgan fingerprint density at radius 1 is 0.957 bits per heavy atom. The maximum Gasteiger partial charge on any atom is 0.494 e. The van der Waals surface area contributed by atoms with E-state index in [0.29, 0.717) is 6.61 Å². The lowest BCUT2D eigenvalue weighted by atomic mass is 9.79. The molecule has 128 valence electrons. The van der Waals surface area contributed by atoms with Gasteiger partial charge in [0.05, 0.1) is 11.2 Å². The predicted molar refractivity (Wildman–Crippen MR) is 95.4 cm³/mol. The fourth-order valence-corrected chi connectivity index (χ4v) is 2.53. The molecule has 0 unspecified atom stereocenters. The second kappa shape index (κ2) is 7.24. The first-order valence-electron chi connectivity index (χ1n) is 8.60. The summed E-state index contributed by atoms with van der Waals surface area (Å²) in [6.45, 7) is 16.4. The predicted octanol–water partition coefficient (Wildman–Crippen LogP) is 2.71. The van der Waals surface area contributed by atoms with E-state index in [0.717, 1.165) is 30.8 Å². The molecular formula is C18H30BNO3. The summed E-state index contributed by atoms with van der Waals surface area (Å²) in [6, 6.07) is 8.02. The fourth-order valence-electron chi connectivity index (χ4n) is 2.53. The van der Waals surface area contributed by atoms with E-state index in [1.54, 1.807) is 0 Å². The Balaban J connectivity index is 1.91. The lowest BCUT2D eigenvalue weighted by Gasteiger charge is -2.32. The minimum absolute atomic E-state index is 0.309. The highest BCUT2D eigenvalue weighted by atomic mass is 16.7. The van der Waals surface area contributed by atoms with Crippen LogP contribution < -0.4 is 10.2 Å². The number of ether oxygens (including phenoxy) is 1. The van der Waals surface area contributed by atoms with Crippen molar-refractivity contribution in [3.63, 3.8) is 0 Å². The first-order chi connectivity index (χ1) is 10.8. The summed E-state index contributed by atoms with van der Waals surface area (Å²) < 4.78 is 17.9. The van der Waals surface area contributed by atoms with Crippen molar-refractivity contribution in [2.75, 3.05) is 26.2 Å². The zero-order chi connectivity index (χ0) is 17.1. The Hall–Kier alpha value is -1.04. The largest absolute Gasteiger partial charge is 0.494 e. The Morgan fingerprint density at radius 2 is 1.48 bits per heavy atom. The van der Waals surface area contributed by atoms with Crippen LogP contribution in [-0.2, 0) is 9.31 Å². The van der Waals surface area contributed by atoms with Crippen LogP contribution in [0, 0.1) is 0 Å². The molecule has 0 N–H and O–H groups in total. The summed E-state index contributed by atoms with van der Waals surface area (Å²) in [6.07, 6.45) is 0. The highest BCUT2D eigenvalue weighted by Crippen LogP contribution is 2.36.